The highest BCUT2D eigenvalue weighted by Gasteiger charge is 2.27. The van der Waals surface area contributed by atoms with Crippen LogP contribution < -0.4 is 10.6 Å². The Hall–Kier alpha value is -2.97. The van der Waals surface area contributed by atoms with Gasteiger partial charge in [0.2, 0.25) is 5.91 Å². The van der Waals surface area contributed by atoms with Crippen molar-refractivity contribution in [3.05, 3.63) is 30.1 Å². The lowest BCUT2D eigenvalue weighted by Gasteiger charge is -2.11. The summed E-state index contributed by atoms with van der Waals surface area (Å²) in [7, 11) is 0. The minimum atomic E-state index is -0.664. The van der Waals surface area contributed by atoms with Gasteiger partial charge in [-0.1, -0.05) is 12.1 Å². The Morgan fingerprint density at radius 2 is 2.04 bits per heavy atom. The number of hydrogen-bond acceptors (Lipinski definition) is 5. The van der Waals surface area contributed by atoms with Gasteiger partial charge in [-0.2, -0.15) is 0 Å². The normalized spacial score (nSPS) is 13.6. The average Bonchev–Trinajstić information content (AvgIpc) is 2.87. The van der Waals surface area contributed by atoms with Crippen LogP contribution in [0.5, 0.6) is 0 Å². The number of benzene rings is 1. The van der Waals surface area contributed by atoms with Gasteiger partial charge in [0, 0.05) is 13.0 Å². The van der Waals surface area contributed by atoms with Gasteiger partial charge in [0.1, 0.15) is 5.82 Å². The summed E-state index contributed by atoms with van der Waals surface area (Å²) < 4.78 is 18.1. The Kier molecular flexibility index (Phi) is 5.83. The molecule has 1 aliphatic heterocycles. The van der Waals surface area contributed by atoms with Crippen molar-refractivity contribution in [3.63, 3.8) is 0 Å². The van der Waals surface area contributed by atoms with Crippen LogP contribution in [0.2, 0.25) is 0 Å². The first kappa shape index (κ1) is 17.4. The molecule has 0 aromatic heterocycles. The standard InChI is InChI=1S/C15H16FN3O5/c16-10-4-1-2-5-11(10)18-12(20)9-24-14(22)6-3-7-19-13(21)8-17-15(19)23/h1-2,4-5H,3,6-9H2,(H,17,23)(H,18,20). The SMILES string of the molecule is O=C(COC(=O)CCCN1C(=O)CNC1=O)Nc1ccccc1F. The average molecular weight is 337 g/mol. The summed E-state index contributed by atoms with van der Waals surface area (Å²) in [6.07, 6.45) is 0.178. The third kappa shape index (κ3) is 4.77. The fourth-order valence-corrected chi connectivity index (χ4v) is 2.03. The molecule has 1 aromatic rings. The van der Waals surface area contributed by atoms with E-state index in [-0.39, 0.29) is 37.5 Å². The number of ether oxygens (including phenoxy) is 1. The number of hydrogen-bond donors (Lipinski definition) is 2. The van der Waals surface area contributed by atoms with Crippen LogP contribution in [0.4, 0.5) is 14.9 Å². The second kappa shape index (κ2) is 8.04. The molecule has 0 saturated carbocycles. The number of amides is 4. The van der Waals surface area contributed by atoms with Gasteiger partial charge < -0.3 is 15.4 Å². The fraction of sp³-hybridized carbons (Fsp3) is 0.333. The molecule has 0 atom stereocenters. The van der Waals surface area contributed by atoms with E-state index >= 15 is 0 Å². The van der Waals surface area contributed by atoms with Gasteiger partial charge in [-0.15, -0.1) is 0 Å². The molecule has 2 rings (SSSR count). The summed E-state index contributed by atoms with van der Waals surface area (Å²) in [6, 6.07) is 5.12. The van der Waals surface area contributed by atoms with Crippen LogP contribution in [0.1, 0.15) is 12.8 Å². The highest BCUT2D eigenvalue weighted by atomic mass is 19.1. The van der Waals surface area contributed by atoms with E-state index in [1.165, 1.54) is 18.2 Å². The van der Waals surface area contributed by atoms with Crippen LogP contribution in [0, 0.1) is 5.82 Å². The summed E-state index contributed by atoms with van der Waals surface area (Å²) in [5.41, 5.74) is -0.00268. The van der Waals surface area contributed by atoms with Gasteiger partial charge in [0.05, 0.1) is 12.2 Å². The van der Waals surface area contributed by atoms with Gasteiger partial charge in [-0.25, -0.2) is 9.18 Å². The van der Waals surface area contributed by atoms with Gasteiger partial charge in [0.25, 0.3) is 5.91 Å². The lowest BCUT2D eigenvalue weighted by atomic mass is 10.3. The Balaban J connectivity index is 1.66. The van der Waals surface area contributed by atoms with Crippen LogP contribution >= 0.6 is 0 Å². The molecule has 8 nitrogen and oxygen atoms in total. The maximum Gasteiger partial charge on any atom is 0.324 e. The maximum absolute atomic E-state index is 13.3. The van der Waals surface area contributed by atoms with Crippen molar-refractivity contribution in [2.45, 2.75) is 12.8 Å². The molecule has 1 saturated heterocycles. The van der Waals surface area contributed by atoms with E-state index in [0.717, 1.165) is 4.90 Å². The Morgan fingerprint density at radius 1 is 1.29 bits per heavy atom. The summed E-state index contributed by atoms with van der Waals surface area (Å²) in [4.78, 5) is 46.7. The quantitative estimate of drug-likeness (QED) is 0.561. The third-order valence-electron chi connectivity index (χ3n) is 3.21. The van der Waals surface area contributed by atoms with Crippen LogP contribution in [0.3, 0.4) is 0 Å². The molecule has 0 radical (unpaired) electrons. The molecule has 0 aliphatic carbocycles. The van der Waals surface area contributed by atoms with E-state index in [4.69, 9.17) is 4.74 Å². The van der Waals surface area contributed by atoms with Crippen molar-refractivity contribution >= 4 is 29.5 Å². The number of nitrogens with zero attached hydrogens (tertiary/aromatic N) is 1. The van der Waals surface area contributed by atoms with Crippen molar-refractivity contribution in [1.82, 2.24) is 10.2 Å². The summed E-state index contributed by atoms with van der Waals surface area (Å²) in [6.45, 7) is -0.489. The van der Waals surface area contributed by atoms with Crippen LogP contribution in [0.15, 0.2) is 24.3 Å². The van der Waals surface area contributed by atoms with Gasteiger partial charge >= 0.3 is 12.0 Å². The molecule has 9 heteroatoms. The van der Waals surface area contributed by atoms with Crippen LogP contribution in [0.25, 0.3) is 0 Å². The van der Waals surface area contributed by atoms with Crippen molar-refractivity contribution in [2.24, 2.45) is 0 Å². The van der Waals surface area contributed by atoms with E-state index in [9.17, 15) is 23.6 Å². The van der Waals surface area contributed by atoms with Gasteiger partial charge in [-0.3, -0.25) is 19.3 Å². The largest absolute Gasteiger partial charge is 0.456 e. The highest BCUT2D eigenvalue weighted by Crippen LogP contribution is 2.12. The number of carbonyl (C=O) groups is 4. The zero-order chi connectivity index (χ0) is 17.5. The molecule has 128 valence electrons. The molecule has 2 N–H and O–H groups in total. The zero-order valence-electron chi connectivity index (χ0n) is 12.7. The number of esters is 1. The number of imide groups is 1. The predicted octanol–water partition coefficient (Wildman–Crippen LogP) is 0.639. The topological polar surface area (TPSA) is 105 Å². The van der Waals surface area contributed by atoms with Gasteiger partial charge in [-0.05, 0) is 18.6 Å². The first-order chi connectivity index (χ1) is 11.5. The first-order valence-electron chi connectivity index (χ1n) is 7.25. The molecule has 0 bridgehead atoms. The Morgan fingerprint density at radius 3 is 2.71 bits per heavy atom. The smallest absolute Gasteiger partial charge is 0.324 e. The van der Waals surface area contributed by atoms with E-state index in [2.05, 4.69) is 10.6 Å². The van der Waals surface area contributed by atoms with Crippen molar-refractivity contribution in [1.29, 1.82) is 0 Å². The number of carbonyl (C=O) groups excluding carboxylic acids is 4. The summed E-state index contributed by atoms with van der Waals surface area (Å²) in [5, 5.41) is 4.64. The molecule has 1 fully saturated rings. The second-order valence-corrected chi connectivity index (χ2v) is 5.00. The Bertz CT molecular complexity index is 648. The lowest BCUT2D eigenvalue weighted by Crippen LogP contribution is -2.32. The van der Waals surface area contributed by atoms with E-state index < -0.39 is 30.3 Å². The molecule has 1 aromatic carbocycles. The number of rotatable bonds is 7. The van der Waals surface area contributed by atoms with Crippen LogP contribution in [-0.2, 0) is 19.1 Å². The summed E-state index contributed by atoms with van der Waals surface area (Å²) in [5.74, 6) is -2.25. The maximum atomic E-state index is 13.3. The van der Waals surface area contributed by atoms with E-state index in [1.807, 2.05) is 0 Å². The third-order valence-corrected chi connectivity index (χ3v) is 3.21. The van der Waals surface area contributed by atoms with E-state index in [1.54, 1.807) is 6.07 Å². The molecular weight excluding hydrogens is 321 g/mol. The minimum Gasteiger partial charge on any atom is -0.456 e. The molecule has 24 heavy (non-hydrogen) atoms. The van der Waals surface area contributed by atoms with Crippen molar-refractivity contribution in [2.75, 3.05) is 25.0 Å². The lowest BCUT2D eigenvalue weighted by molar-refractivity contribution is -0.147. The number of para-hydroxylation sites is 1. The molecule has 1 heterocycles. The molecular formula is C15H16FN3O5. The van der Waals surface area contributed by atoms with Gasteiger partial charge in [0.15, 0.2) is 6.61 Å². The zero-order valence-corrected chi connectivity index (χ0v) is 12.7. The van der Waals surface area contributed by atoms with Crippen molar-refractivity contribution < 1.29 is 28.3 Å². The molecule has 0 unspecified atom stereocenters. The number of nitrogens with one attached hydrogen (secondary N) is 2. The van der Waals surface area contributed by atoms with E-state index in [0.29, 0.717) is 0 Å². The molecule has 1 aliphatic rings. The highest BCUT2D eigenvalue weighted by molar-refractivity contribution is 6.01. The fourth-order valence-electron chi connectivity index (χ4n) is 2.03. The van der Waals surface area contributed by atoms with Crippen LogP contribution in [-0.4, -0.2) is 48.4 Å². The monoisotopic (exact) mass is 337 g/mol. The minimum absolute atomic E-state index is 0.00268. The van der Waals surface area contributed by atoms with Crippen molar-refractivity contribution in [3.8, 4) is 0 Å². The number of halogens is 1. The second-order valence-electron chi connectivity index (χ2n) is 5.00. The predicted molar refractivity (Wildman–Crippen MR) is 80.3 cm³/mol. The molecule has 0 spiro atoms. The first-order valence-corrected chi connectivity index (χ1v) is 7.25. The Labute approximate surface area is 136 Å². The number of anilines is 1. The summed E-state index contributed by atoms with van der Waals surface area (Å²) >= 11 is 0. The number of urea groups is 1. The molecule has 4 amide bonds.